The lowest BCUT2D eigenvalue weighted by molar-refractivity contribution is -0.116. The maximum Gasteiger partial charge on any atom is 0.286 e. The molecular weight excluding hydrogens is 372 g/mol. The van der Waals surface area contributed by atoms with E-state index in [1.54, 1.807) is 23.9 Å². The lowest BCUT2D eigenvalue weighted by atomic mass is 10.2. The van der Waals surface area contributed by atoms with Gasteiger partial charge in [-0.2, -0.15) is 0 Å². The van der Waals surface area contributed by atoms with E-state index < -0.39 is 0 Å². The second-order valence-electron chi connectivity index (χ2n) is 5.18. The molecule has 2 aromatic heterocycles. The van der Waals surface area contributed by atoms with Gasteiger partial charge in [0.2, 0.25) is 11.0 Å². The van der Waals surface area contributed by atoms with Crippen molar-refractivity contribution >= 4 is 40.0 Å². The third kappa shape index (κ3) is 5.43. The molecule has 2 amide bonds. The molecule has 3 aromatic rings. The molecule has 1 aromatic carbocycles. The van der Waals surface area contributed by atoms with Crippen molar-refractivity contribution in [2.45, 2.75) is 16.5 Å². The molecule has 0 spiro atoms. The van der Waals surface area contributed by atoms with Gasteiger partial charge in [0.1, 0.15) is 0 Å². The van der Waals surface area contributed by atoms with E-state index >= 15 is 0 Å². The molecule has 0 aliphatic rings. The molecule has 0 saturated heterocycles. The molecule has 0 aliphatic heterocycles. The molecule has 2 N–H and O–H groups in total. The summed E-state index contributed by atoms with van der Waals surface area (Å²) in [5.41, 5.74) is 1.20. The third-order valence-corrected chi connectivity index (χ3v) is 5.28. The van der Waals surface area contributed by atoms with Crippen molar-refractivity contribution in [3.63, 3.8) is 0 Å². The van der Waals surface area contributed by atoms with Crippen LogP contribution < -0.4 is 10.6 Å². The topological polar surface area (TPSA) is 97.1 Å². The van der Waals surface area contributed by atoms with Crippen molar-refractivity contribution in [3.8, 4) is 0 Å². The molecule has 2 heterocycles. The first-order chi connectivity index (χ1) is 12.7. The van der Waals surface area contributed by atoms with Gasteiger partial charge in [-0.15, -0.1) is 10.2 Å². The van der Waals surface area contributed by atoms with Gasteiger partial charge in [-0.1, -0.05) is 53.4 Å². The Kier molecular flexibility index (Phi) is 6.39. The summed E-state index contributed by atoms with van der Waals surface area (Å²) in [6.45, 7) is 0.208. The Balaban J connectivity index is 1.39. The molecule has 3 rings (SSSR count). The van der Waals surface area contributed by atoms with Gasteiger partial charge >= 0.3 is 0 Å². The summed E-state index contributed by atoms with van der Waals surface area (Å²) >= 11 is 2.89. The molecule has 0 saturated carbocycles. The second kappa shape index (κ2) is 9.16. The fourth-order valence-electron chi connectivity index (χ4n) is 2.00. The summed E-state index contributed by atoms with van der Waals surface area (Å²) in [4.78, 5) is 23.6. The van der Waals surface area contributed by atoms with E-state index in [0.717, 1.165) is 10.1 Å². The number of nitrogens with one attached hydrogen (secondary N) is 2. The van der Waals surface area contributed by atoms with E-state index in [-0.39, 0.29) is 30.5 Å². The smallest absolute Gasteiger partial charge is 0.286 e. The van der Waals surface area contributed by atoms with Gasteiger partial charge in [-0.25, -0.2) is 0 Å². The van der Waals surface area contributed by atoms with Gasteiger partial charge in [0.15, 0.2) is 10.1 Å². The van der Waals surface area contributed by atoms with Gasteiger partial charge in [0.25, 0.3) is 5.91 Å². The average molecular weight is 388 g/mol. The molecule has 0 radical (unpaired) electrons. The monoisotopic (exact) mass is 388 g/mol. The molecule has 26 heavy (non-hydrogen) atoms. The number of anilines is 1. The standard InChI is InChI=1S/C17H16N4O3S2/c22-14(8-9-18-15(23)13-7-4-10-24-13)19-16-20-21-17(26-16)25-11-12-5-2-1-3-6-12/h1-7,10H,8-9,11H2,(H,18,23)(H,19,20,22). The number of rotatable bonds is 8. The molecule has 0 atom stereocenters. The van der Waals surface area contributed by atoms with Crippen molar-refractivity contribution in [1.82, 2.24) is 15.5 Å². The van der Waals surface area contributed by atoms with Crippen molar-refractivity contribution in [2.24, 2.45) is 0 Å². The Labute approximate surface area is 158 Å². The molecule has 7 nitrogen and oxygen atoms in total. The molecule has 134 valence electrons. The van der Waals surface area contributed by atoms with Crippen molar-refractivity contribution < 1.29 is 14.0 Å². The number of furan rings is 1. The van der Waals surface area contributed by atoms with E-state index in [2.05, 4.69) is 20.8 Å². The van der Waals surface area contributed by atoms with E-state index in [9.17, 15) is 9.59 Å². The Morgan fingerprint density at radius 3 is 2.73 bits per heavy atom. The highest BCUT2D eigenvalue weighted by Crippen LogP contribution is 2.28. The summed E-state index contributed by atoms with van der Waals surface area (Å²) in [7, 11) is 0. The third-order valence-electron chi connectivity index (χ3n) is 3.24. The van der Waals surface area contributed by atoms with Gasteiger partial charge in [-0.05, 0) is 17.7 Å². The quantitative estimate of drug-likeness (QED) is 0.454. The van der Waals surface area contributed by atoms with Crippen LogP contribution in [0.2, 0.25) is 0 Å². The van der Waals surface area contributed by atoms with Crippen LogP contribution in [0.15, 0.2) is 57.5 Å². The fourth-order valence-corrected chi connectivity index (χ4v) is 3.73. The predicted molar refractivity (Wildman–Crippen MR) is 100 cm³/mol. The van der Waals surface area contributed by atoms with Crippen LogP contribution in [0.4, 0.5) is 5.13 Å². The summed E-state index contributed by atoms with van der Waals surface area (Å²) in [6, 6.07) is 13.2. The highest BCUT2D eigenvalue weighted by molar-refractivity contribution is 8.00. The maximum atomic E-state index is 11.9. The highest BCUT2D eigenvalue weighted by atomic mass is 32.2. The first kappa shape index (κ1) is 18.2. The number of carbonyl (C=O) groups excluding carboxylic acids is 2. The Bertz CT molecular complexity index is 850. The average Bonchev–Trinajstić information content (AvgIpc) is 3.33. The normalized spacial score (nSPS) is 10.5. The van der Waals surface area contributed by atoms with Crippen LogP contribution in [0, 0.1) is 0 Å². The fraction of sp³-hybridized carbons (Fsp3) is 0.176. The van der Waals surface area contributed by atoms with Crippen LogP contribution in [0.5, 0.6) is 0 Å². The molecule has 0 unspecified atom stereocenters. The SMILES string of the molecule is O=C(CCNC(=O)c1ccco1)Nc1nnc(SCc2ccccc2)s1. The van der Waals surface area contributed by atoms with Crippen LogP contribution in [0.3, 0.4) is 0 Å². The Morgan fingerprint density at radius 2 is 1.96 bits per heavy atom. The predicted octanol–water partition coefficient (Wildman–Crippen LogP) is 3.18. The summed E-state index contributed by atoms with van der Waals surface area (Å²) < 4.78 is 5.76. The second-order valence-corrected chi connectivity index (χ2v) is 7.38. The first-order valence-corrected chi connectivity index (χ1v) is 9.63. The van der Waals surface area contributed by atoms with E-state index in [4.69, 9.17) is 4.42 Å². The van der Waals surface area contributed by atoms with Crippen LogP contribution >= 0.6 is 23.1 Å². The highest BCUT2D eigenvalue weighted by Gasteiger charge is 2.11. The van der Waals surface area contributed by atoms with Gasteiger partial charge < -0.3 is 15.1 Å². The first-order valence-electron chi connectivity index (χ1n) is 7.82. The zero-order valence-corrected chi connectivity index (χ0v) is 15.3. The summed E-state index contributed by atoms with van der Waals surface area (Å²) in [5.74, 6) is 0.427. The summed E-state index contributed by atoms with van der Waals surface area (Å²) in [6.07, 6.45) is 1.56. The number of amides is 2. The number of thioether (sulfide) groups is 1. The molecule has 0 bridgehead atoms. The zero-order valence-electron chi connectivity index (χ0n) is 13.7. The lowest BCUT2D eigenvalue weighted by Gasteiger charge is -2.03. The maximum absolute atomic E-state index is 11.9. The Morgan fingerprint density at radius 1 is 1.12 bits per heavy atom. The van der Waals surface area contributed by atoms with Crippen LogP contribution in [0.1, 0.15) is 22.5 Å². The molecule has 9 heteroatoms. The zero-order chi connectivity index (χ0) is 18.2. The van der Waals surface area contributed by atoms with Crippen LogP contribution in [-0.2, 0) is 10.5 Å². The Hall–Kier alpha value is -2.65. The number of hydrogen-bond acceptors (Lipinski definition) is 7. The van der Waals surface area contributed by atoms with Crippen LogP contribution in [0.25, 0.3) is 0 Å². The van der Waals surface area contributed by atoms with E-state index in [0.29, 0.717) is 5.13 Å². The van der Waals surface area contributed by atoms with Crippen molar-refractivity contribution in [1.29, 1.82) is 0 Å². The number of nitrogens with zero attached hydrogens (tertiary/aromatic N) is 2. The number of benzene rings is 1. The van der Waals surface area contributed by atoms with E-state index in [1.165, 1.54) is 23.2 Å². The minimum Gasteiger partial charge on any atom is -0.459 e. The van der Waals surface area contributed by atoms with Crippen LogP contribution in [-0.4, -0.2) is 28.6 Å². The molecular formula is C17H16N4O3S2. The lowest BCUT2D eigenvalue weighted by Crippen LogP contribution is -2.27. The van der Waals surface area contributed by atoms with E-state index in [1.807, 2.05) is 30.3 Å². The number of aromatic nitrogens is 2. The minimum absolute atomic E-state index is 0.137. The summed E-state index contributed by atoms with van der Waals surface area (Å²) in [5, 5.41) is 13.8. The minimum atomic E-state index is -0.349. The number of carbonyl (C=O) groups is 2. The molecule has 0 fully saturated rings. The van der Waals surface area contributed by atoms with Gasteiger partial charge in [0.05, 0.1) is 6.26 Å². The number of hydrogen-bond donors (Lipinski definition) is 2. The molecule has 0 aliphatic carbocycles. The van der Waals surface area contributed by atoms with Crippen molar-refractivity contribution in [2.75, 3.05) is 11.9 Å². The van der Waals surface area contributed by atoms with Crippen molar-refractivity contribution in [3.05, 3.63) is 60.1 Å². The largest absolute Gasteiger partial charge is 0.459 e. The van der Waals surface area contributed by atoms with Gasteiger partial charge in [0, 0.05) is 18.7 Å². The van der Waals surface area contributed by atoms with Gasteiger partial charge in [-0.3, -0.25) is 9.59 Å².